The number of amides is 1. The highest BCUT2D eigenvalue weighted by molar-refractivity contribution is 6.09. The summed E-state index contributed by atoms with van der Waals surface area (Å²) >= 11 is 0. The largest absolute Gasteiger partial charge is 0.315 e. The average molecular weight is 253 g/mol. The summed E-state index contributed by atoms with van der Waals surface area (Å²) in [5.41, 5.74) is 2.87. The summed E-state index contributed by atoms with van der Waals surface area (Å²) < 4.78 is 0. The number of likely N-dealkylation sites (tertiary alicyclic amines) is 1. The van der Waals surface area contributed by atoms with Gasteiger partial charge >= 0.3 is 0 Å². The number of carbonyl (C=O) groups is 2. The van der Waals surface area contributed by atoms with Gasteiger partial charge in [0, 0.05) is 35.7 Å². The van der Waals surface area contributed by atoms with Gasteiger partial charge in [0.15, 0.2) is 5.78 Å². The highest BCUT2D eigenvalue weighted by Crippen LogP contribution is 2.66. The molecule has 96 valence electrons. The molecule has 1 aliphatic heterocycles. The number of ketones is 1. The molecule has 1 aromatic rings. The standard InChI is InChI=1S/C16H15NO2/c1-2-15(19)17-9-10-8-16(10)12-6-4-3-5-11(12)13(18)7-14(16)17/h3-7,10H,2,8-9H2,1H3/t10-,16-/m1/s1. The van der Waals surface area contributed by atoms with Gasteiger partial charge in [-0.2, -0.15) is 0 Å². The molecule has 19 heavy (non-hydrogen) atoms. The molecule has 1 saturated heterocycles. The van der Waals surface area contributed by atoms with Crippen molar-refractivity contribution in [1.82, 2.24) is 4.90 Å². The molecule has 3 heteroatoms. The fraction of sp³-hybridized carbons (Fsp3) is 0.375. The van der Waals surface area contributed by atoms with E-state index in [4.69, 9.17) is 0 Å². The smallest absolute Gasteiger partial charge is 0.226 e. The van der Waals surface area contributed by atoms with E-state index in [1.54, 1.807) is 6.08 Å². The van der Waals surface area contributed by atoms with Crippen molar-refractivity contribution >= 4 is 11.7 Å². The number of fused-ring (bicyclic) bond motifs is 1. The molecule has 2 aliphatic carbocycles. The van der Waals surface area contributed by atoms with Gasteiger partial charge in [0.05, 0.1) is 0 Å². The first-order valence-corrected chi connectivity index (χ1v) is 6.85. The summed E-state index contributed by atoms with van der Waals surface area (Å²) in [6, 6.07) is 7.86. The van der Waals surface area contributed by atoms with Crippen LogP contribution in [0.2, 0.25) is 0 Å². The molecule has 0 radical (unpaired) electrons. The molecule has 3 aliphatic rings. The summed E-state index contributed by atoms with van der Waals surface area (Å²) in [6.07, 6.45) is 3.27. The molecule has 1 spiro atoms. The van der Waals surface area contributed by atoms with Crippen LogP contribution in [-0.2, 0) is 10.2 Å². The first-order chi connectivity index (χ1) is 9.18. The van der Waals surface area contributed by atoms with Crippen molar-refractivity contribution in [1.29, 1.82) is 0 Å². The van der Waals surface area contributed by atoms with Gasteiger partial charge in [-0.15, -0.1) is 0 Å². The lowest BCUT2D eigenvalue weighted by atomic mass is 9.81. The minimum Gasteiger partial charge on any atom is -0.315 e. The first kappa shape index (κ1) is 11.0. The van der Waals surface area contributed by atoms with Gasteiger partial charge in [-0.3, -0.25) is 9.59 Å². The number of benzene rings is 1. The van der Waals surface area contributed by atoms with Crippen LogP contribution in [0.4, 0.5) is 0 Å². The molecule has 2 atom stereocenters. The summed E-state index contributed by atoms with van der Waals surface area (Å²) in [5.74, 6) is 0.672. The van der Waals surface area contributed by atoms with Gasteiger partial charge in [-0.25, -0.2) is 0 Å². The van der Waals surface area contributed by atoms with Crippen LogP contribution >= 0.6 is 0 Å². The maximum Gasteiger partial charge on any atom is 0.226 e. The Labute approximate surface area is 111 Å². The first-order valence-electron chi connectivity index (χ1n) is 6.85. The lowest BCUT2D eigenvalue weighted by Crippen LogP contribution is -2.33. The zero-order chi connectivity index (χ0) is 13.2. The van der Waals surface area contributed by atoms with Gasteiger partial charge in [-0.05, 0) is 17.9 Å². The molecule has 0 bridgehead atoms. The maximum atomic E-state index is 12.2. The van der Waals surface area contributed by atoms with E-state index >= 15 is 0 Å². The van der Waals surface area contributed by atoms with Crippen molar-refractivity contribution < 1.29 is 9.59 Å². The number of hydrogen-bond acceptors (Lipinski definition) is 2. The Bertz CT molecular complexity index is 646. The Balaban J connectivity index is 1.89. The van der Waals surface area contributed by atoms with E-state index in [0.29, 0.717) is 12.3 Å². The monoisotopic (exact) mass is 253 g/mol. The minimum atomic E-state index is -0.0324. The number of hydrogen-bond donors (Lipinski definition) is 0. The fourth-order valence-electron chi connectivity index (χ4n) is 3.81. The van der Waals surface area contributed by atoms with Crippen molar-refractivity contribution in [3.05, 3.63) is 47.2 Å². The molecule has 3 nitrogen and oxygen atoms in total. The number of carbonyl (C=O) groups excluding carboxylic acids is 2. The minimum absolute atomic E-state index is 0.0324. The highest BCUT2D eigenvalue weighted by Gasteiger charge is 2.66. The van der Waals surface area contributed by atoms with Gasteiger partial charge in [-0.1, -0.05) is 31.2 Å². The van der Waals surface area contributed by atoms with Gasteiger partial charge < -0.3 is 4.90 Å². The molecule has 1 heterocycles. The predicted molar refractivity (Wildman–Crippen MR) is 70.6 cm³/mol. The Hall–Kier alpha value is -1.90. The van der Waals surface area contributed by atoms with Crippen molar-refractivity contribution in [3.63, 3.8) is 0 Å². The zero-order valence-corrected chi connectivity index (χ0v) is 10.8. The SMILES string of the molecule is CCC(=O)N1C[C@H]2C[C@@]23C1=CC(=O)c1ccccc13. The maximum absolute atomic E-state index is 12.2. The quantitative estimate of drug-likeness (QED) is 0.770. The van der Waals surface area contributed by atoms with Crippen molar-refractivity contribution in [2.24, 2.45) is 5.92 Å². The summed E-state index contributed by atoms with van der Waals surface area (Å²) in [5, 5.41) is 0. The molecule has 0 N–H and O–H groups in total. The molecular formula is C16H15NO2. The Morgan fingerprint density at radius 1 is 1.42 bits per heavy atom. The molecule has 1 amide bonds. The van der Waals surface area contributed by atoms with Crippen LogP contribution in [-0.4, -0.2) is 23.1 Å². The lowest BCUT2D eigenvalue weighted by molar-refractivity contribution is -0.128. The normalized spacial score (nSPS) is 30.4. The second-order valence-electron chi connectivity index (χ2n) is 5.67. The van der Waals surface area contributed by atoms with Crippen LogP contribution in [0.5, 0.6) is 0 Å². The van der Waals surface area contributed by atoms with Crippen LogP contribution in [0.25, 0.3) is 0 Å². The number of allylic oxidation sites excluding steroid dienone is 2. The zero-order valence-electron chi connectivity index (χ0n) is 10.8. The third kappa shape index (κ3) is 1.18. The molecular weight excluding hydrogens is 238 g/mol. The second-order valence-corrected chi connectivity index (χ2v) is 5.67. The summed E-state index contributed by atoms with van der Waals surface area (Å²) in [7, 11) is 0. The van der Waals surface area contributed by atoms with E-state index in [2.05, 4.69) is 6.07 Å². The molecule has 0 aromatic heterocycles. The summed E-state index contributed by atoms with van der Waals surface area (Å²) in [6.45, 7) is 2.65. The van der Waals surface area contributed by atoms with E-state index in [0.717, 1.165) is 29.8 Å². The molecule has 2 fully saturated rings. The molecule has 4 rings (SSSR count). The van der Waals surface area contributed by atoms with Crippen LogP contribution in [0.15, 0.2) is 36.0 Å². The third-order valence-corrected chi connectivity index (χ3v) is 4.80. The van der Waals surface area contributed by atoms with E-state index in [1.807, 2.05) is 30.0 Å². The molecule has 0 unspecified atom stereocenters. The molecule has 1 saturated carbocycles. The predicted octanol–water partition coefficient (Wildman–Crippen LogP) is 2.28. The van der Waals surface area contributed by atoms with Crippen molar-refractivity contribution in [2.45, 2.75) is 25.2 Å². The van der Waals surface area contributed by atoms with E-state index in [1.165, 1.54) is 0 Å². The lowest BCUT2D eigenvalue weighted by Gasteiger charge is -2.29. The highest BCUT2D eigenvalue weighted by atomic mass is 16.2. The van der Waals surface area contributed by atoms with E-state index in [9.17, 15) is 9.59 Å². The van der Waals surface area contributed by atoms with Crippen LogP contribution in [0, 0.1) is 5.92 Å². The van der Waals surface area contributed by atoms with Gasteiger partial charge in [0.1, 0.15) is 0 Å². The van der Waals surface area contributed by atoms with E-state index in [-0.39, 0.29) is 17.1 Å². The van der Waals surface area contributed by atoms with Crippen molar-refractivity contribution in [2.75, 3.05) is 6.54 Å². The summed E-state index contributed by atoms with van der Waals surface area (Å²) in [4.78, 5) is 26.1. The molecule has 1 aromatic carbocycles. The second kappa shape index (κ2) is 3.35. The van der Waals surface area contributed by atoms with Gasteiger partial charge in [0.2, 0.25) is 5.91 Å². The van der Waals surface area contributed by atoms with Crippen LogP contribution in [0.3, 0.4) is 0 Å². The Morgan fingerprint density at radius 3 is 3.00 bits per heavy atom. The van der Waals surface area contributed by atoms with Crippen LogP contribution in [0.1, 0.15) is 35.7 Å². The van der Waals surface area contributed by atoms with E-state index < -0.39 is 0 Å². The average Bonchev–Trinajstić information content (AvgIpc) is 3.07. The fourth-order valence-corrected chi connectivity index (χ4v) is 3.81. The number of rotatable bonds is 1. The third-order valence-electron chi connectivity index (χ3n) is 4.80. The number of piperidine rings is 1. The van der Waals surface area contributed by atoms with Crippen molar-refractivity contribution in [3.8, 4) is 0 Å². The van der Waals surface area contributed by atoms with Crippen LogP contribution < -0.4 is 0 Å². The Kier molecular flexibility index (Phi) is 1.93. The number of nitrogens with zero attached hydrogens (tertiary/aromatic N) is 1. The topological polar surface area (TPSA) is 37.4 Å². The van der Waals surface area contributed by atoms with Gasteiger partial charge in [0.25, 0.3) is 0 Å². The Morgan fingerprint density at radius 2 is 2.21 bits per heavy atom.